The summed E-state index contributed by atoms with van der Waals surface area (Å²) in [6.07, 6.45) is 2.29. The quantitative estimate of drug-likeness (QED) is 0.840. The first-order chi connectivity index (χ1) is 8.81. The van der Waals surface area contributed by atoms with E-state index in [0.717, 1.165) is 12.8 Å². The minimum absolute atomic E-state index is 0.000901. The van der Waals surface area contributed by atoms with Gasteiger partial charge in [0.1, 0.15) is 0 Å². The largest absolute Gasteiger partial charge is 0.395 e. The Labute approximate surface area is 110 Å². The van der Waals surface area contributed by atoms with Crippen molar-refractivity contribution in [2.24, 2.45) is 0 Å². The van der Waals surface area contributed by atoms with Gasteiger partial charge in [0.25, 0.3) is 0 Å². The third kappa shape index (κ3) is 3.31. The van der Waals surface area contributed by atoms with E-state index in [1.54, 1.807) is 11.3 Å². The van der Waals surface area contributed by atoms with Gasteiger partial charge in [-0.1, -0.05) is 18.2 Å². The van der Waals surface area contributed by atoms with Gasteiger partial charge in [-0.2, -0.15) is 0 Å². The number of nitrogens with one attached hydrogen (secondary N) is 1. The minimum atomic E-state index is 0.000901. The molecule has 1 aromatic carbocycles. The lowest BCUT2D eigenvalue weighted by Crippen LogP contribution is -2.26. The maximum atomic E-state index is 11.4. The Hall–Kier alpha value is -1.39. The monoisotopic (exact) mass is 263 g/mol. The molecule has 1 amide bonds. The van der Waals surface area contributed by atoms with Crippen LogP contribution < -0.4 is 5.32 Å². The highest BCUT2D eigenvalue weighted by atomic mass is 32.1. The molecule has 0 fully saturated rings. The number of rotatable bonds is 6. The summed E-state index contributed by atoms with van der Waals surface area (Å²) in [4.78, 5) is 11.4. The number of carbonyl (C=O) groups is 1. The van der Waals surface area contributed by atoms with Crippen molar-refractivity contribution in [2.45, 2.75) is 19.3 Å². The van der Waals surface area contributed by atoms with E-state index in [1.165, 1.54) is 15.6 Å². The normalized spacial score (nSPS) is 10.7. The molecule has 0 aliphatic rings. The number of amides is 1. The molecule has 2 aromatic rings. The van der Waals surface area contributed by atoms with Gasteiger partial charge >= 0.3 is 0 Å². The molecule has 0 saturated carbocycles. The summed E-state index contributed by atoms with van der Waals surface area (Å²) in [5.74, 6) is 0.0172. The van der Waals surface area contributed by atoms with Crippen molar-refractivity contribution < 1.29 is 9.90 Å². The Morgan fingerprint density at radius 3 is 3.00 bits per heavy atom. The Balaban J connectivity index is 1.85. The molecule has 1 aromatic heterocycles. The standard InChI is InChI=1S/C14H17NO2S/c16-9-8-15-14(17)7-3-4-11-10-18-13-6-2-1-5-12(11)13/h1-2,5-6,10,16H,3-4,7-9H2,(H,15,17). The van der Waals surface area contributed by atoms with Gasteiger partial charge in [-0.15, -0.1) is 11.3 Å². The van der Waals surface area contributed by atoms with E-state index < -0.39 is 0 Å². The summed E-state index contributed by atoms with van der Waals surface area (Å²) in [6, 6.07) is 8.35. The second-order valence-corrected chi connectivity index (χ2v) is 5.10. The number of hydrogen-bond donors (Lipinski definition) is 2. The maximum Gasteiger partial charge on any atom is 0.220 e. The van der Waals surface area contributed by atoms with E-state index in [9.17, 15) is 4.79 Å². The molecule has 3 nitrogen and oxygen atoms in total. The van der Waals surface area contributed by atoms with Crippen molar-refractivity contribution in [3.63, 3.8) is 0 Å². The van der Waals surface area contributed by atoms with E-state index in [1.807, 2.05) is 12.1 Å². The van der Waals surface area contributed by atoms with E-state index in [2.05, 4.69) is 22.8 Å². The van der Waals surface area contributed by atoms with Crippen molar-refractivity contribution >= 4 is 27.3 Å². The summed E-state index contributed by atoms with van der Waals surface area (Å²) >= 11 is 1.75. The van der Waals surface area contributed by atoms with E-state index in [-0.39, 0.29) is 12.5 Å². The fourth-order valence-corrected chi connectivity index (χ4v) is 2.95. The SMILES string of the molecule is O=C(CCCc1csc2ccccc12)NCCO. The lowest BCUT2D eigenvalue weighted by atomic mass is 10.1. The molecule has 0 spiro atoms. The minimum Gasteiger partial charge on any atom is -0.395 e. The lowest BCUT2D eigenvalue weighted by Gasteiger charge is -2.02. The molecule has 0 unspecified atom stereocenters. The summed E-state index contributed by atoms with van der Waals surface area (Å²) in [6.45, 7) is 0.348. The zero-order chi connectivity index (χ0) is 12.8. The van der Waals surface area contributed by atoms with Gasteiger partial charge in [-0.05, 0) is 35.2 Å². The molecule has 96 valence electrons. The molecular weight excluding hydrogens is 246 g/mol. The van der Waals surface area contributed by atoms with Crippen LogP contribution in [0.15, 0.2) is 29.6 Å². The van der Waals surface area contributed by atoms with Gasteiger partial charge in [-0.25, -0.2) is 0 Å². The first kappa shape index (κ1) is 13.1. The van der Waals surface area contributed by atoms with Gasteiger partial charge in [0.2, 0.25) is 5.91 Å². The van der Waals surface area contributed by atoms with Gasteiger partial charge in [0.05, 0.1) is 6.61 Å². The second kappa shape index (κ2) is 6.52. The van der Waals surface area contributed by atoms with E-state index in [0.29, 0.717) is 13.0 Å². The van der Waals surface area contributed by atoms with Crippen LogP contribution in [-0.4, -0.2) is 24.2 Å². The molecule has 0 saturated heterocycles. The molecule has 0 atom stereocenters. The zero-order valence-electron chi connectivity index (χ0n) is 10.2. The summed E-state index contributed by atoms with van der Waals surface area (Å²) < 4.78 is 1.30. The van der Waals surface area contributed by atoms with Crippen LogP contribution in [-0.2, 0) is 11.2 Å². The van der Waals surface area contributed by atoms with Gasteiger partial charge in [0.15, 0.2) is 0 Å². The summed E-state index contributed by atoms with van der Waals surface area (Å²) in [5.41, 5.74) is 1.32. The zero-order valence-corrected chi connectivity index (χ0v) is 11.0. The third-order valence-electron chi connectivity index (χ3n) is 2.85. The molecule has 2 N–H and O–H groups in total. The molecule has 4 heteroatoms. The Morgan fingerprint density at radius 1 is 1.33 bits per heavy atom. The topological polar surface area (TPSA) is 49.3 Å². The van der Waals surface area contributed by atoms with Crippen molar-refractivity contribution in [1.82, 2.24) is 5.32 Å². The predicted molar refractivity (Wildman–Crippen MR) is 74.9 cm³/mol. The van der Waals surface area contributed by atoms with Crippen LogP contribution in [0.2, 0.25) is 0 Å². The molecule has 0 aliphatic carbocycles. The second-order valence-electron chi connectivity index (χ2n) is 4.18. The molecular formula is C14H17NO2S. The molecule has 0 aliphatic heterocycles. The molecule has 18 heavy (non-hydrogen) atoms. The molecule has 2 rings (SSSR count). The fourth-order valence-electron chi connectivity index (χ4n) is 1.95. The van der Waals surface area contributed by atoms with Crippen LogP contribution >= 0.6 is 11.3 Å². The number of benzene rings is 1. The van der Waals surface area contributed by atoms with E-state index in [4.69, 9.17) is 5.11 Å². The number of thiophene rings is 1. The molecule has 0 bridgehead atoms. The van der Waals surface area contributed by atoms with Gasteiger partial charge in [-0.3, -0.25) is 4.79 Å². The van der Waals surface area contributed by atoms with Crippen LogP contribution in [0.4, 0.5) is 0 Å². The molecule has 0 radical (unpaired) electrons. The van der Waals surface area contributed by atoms with Crippen LogP contribution in [0.1, 0.15) is 18.4 Å². The smallest absolute Gasteiger partial charge is 0.220 e. The number of aliphatic hydroxyl groups excluding tert-OH is 1. The van der Waals surface area contributed by atoms with Gasteiger partial charge in [0, 0.05) is 17.7 Å². The third-order valence-corrected chi connectivity index (χ3v) is 3.86. The fraction of sp³-hybridized carbons (Fsp3) is 0.357. The van der Waals surface area contributed by atoms with Crippen LogP contribution in [0.25, 0.3) is 10.1 Å². The van der Waals surface area contributed by atoms with Crippen molar-refractivity contribution in [1.29, 1.82) is 0 Å². The number of carbonyl (C=O) groups excluding carboxylic acids is 1. The van der Waals surface area contributed by atoms with Crippen LogP contribution in [0.3, 0.4) is 0 Å². The Morgan fingerprint density at radius 2 is 2.17 bits per heavy atom. The van der Waals surface area contributed by atoms with Crippen molar-refractivity contribution in [2.75, 3.05) is 13.2 Å². The summed E-state index contributed by atoms with van der Waals surface area (Å²) in [5, 5.41) is 14.7. The first-order valence-corrected chi connectivity index (χ1v) is 7.02. The maximum absolute atomic E-state index is 11.4. The average molecular weight is 263 g/mol. The highest BCUT2D eigenvalue weighted by molar-refractivity contribution is 7.17. The Bertz CT molecular complexity index is 521. The number of hydrogen-bond acceptors (Lipinski definition) is 3. The average Bonchev–Trinajstić information content (AvgIpc) is 2.80. The highest BCUT2D eigenvalue weighted by Gasteiger charge is 2.05. The van der Waals surface area contributed by atoms with Crippen molar-refractivity contribution in [3.8, 4) is 0 Å². The van der Waals surface area contributed by atoms with Gasteiger partial charge < -0.3 is 10.4 Å². The number of aliphatic hydroxyl groups is 1. The summed E-state index contributed by atoms with van der Waals surface area (Å²) in [7, 11) is 0. The first-order valence-electron chi connectivity index (χ1n) is 6.14. The van der Waals surface area contributed by atoms with Crippen molar-refractivity contribution in [3.05, 3.63) is 35.2 Å². The van der Waals surface area contributed by atoms with E-state index >= 15 is 0 Å². The molecule has 1 heterocycles. The number of fused-ring (bicyclic) bond motifs is 1. The van der Waals surface area contributed by atoms with Crippen LogP contribution in [0.5, 0.6) is 0 Å². The Kier molecular flexibility index (Phi) is 4.73. The highest BCUT2D eigenvalue weighted by Crippen LogP contribution is 2.26. The van der Waals surface area contributed by atoms with Crippen LogP contribution in [0, 0.1) is 0 Å². The predicted octanol–water partition coefficient (Wildman–Crippen LogP) is 2.33. The lowest BCUT2D eigenvalue weighted by molar-refractivity contribution is -0.121. The number of aryl methyl sites for hydroxylation is 1.